The molecule has 1 N–H and O–H groups in total. The molecule has 15 heteroatoms. The van der Waals surface area contributed by atoms with Gasteiger partial charge in [0.25, 0.3) is 10.9 Å². The zero-order valence-corrected chi connectivity index (χ0v) is 49.2. The number of para-hydroxylation sites is 1. The zero-order valence-electron chi connectivity index (χ0n) is 47.6. The second-order valence-corrected chi connectivity index (χ2v) is 21.3. The number of aliphatic hydroxyl groups is 1. The molecule has 10 rings (SSSR count). The minimum Gasteiger partial charge on any atom is -0.491 e. The smallest absolute Gasteiger partial charge is 0.274 e. The number of non-ortho nitro benzene ring substituents is 1. The molecule has 7 aromatic carbocycles. The summed E-state index contributed by atoms with van der Waals surface area (Å²) in [7, 11) is 0. The van der Waals surface area contributed by atoms with Crippen molar-refractivity contribution in [3.63, 3.8) is 0 Å². The summed E-state index contributed by atoms with van der Waals surface area (Å²) in [6.45, 7) is 21.8. The summed E-state index contributed by atoms with van der Waals surface area (Å²) in [6.07, 6.45) is 2.42. The first kappa shape index (κ1) is 62.0. The SMILES string of the molecule is CC(C)Oc1cccc(-c2cccc(CO)c2)c1.CC(C)Oc1cccc(-c2cccc([N+](=O)[O-])c2)c1.CC(C)Oc1ccnc2cc(Cl)ccc12.CC(C)Oc1nc2ccccc2s1.Cc1cc(OC(C)C)c2cc(F)ccc2n1. The third-order valence-electron chi connectivity index (χ3n) is 11.1. The first-order chi connectivity index (χ1) is 38.7. The van der Waals surface area contributed by atoms with Crippen molar-refractivity contribution >= 4 is 60.6 Å². The van der Waals surface area contributed by atoms with Crippen LogP contribution >= 0.6 is 22.9 Å². The van der Waals surface area contributed by atoms with Crippen molar-refractivity contribution in [1.82, 2.24) is 15.0 Å². The van der Waals surface area contributed by atoms with Gasteiger partial charge in [0.05, 0.1) is 63.3 Å². The third-order valence-corrected chi connectivity index (χ3v) is 12.3. The van der Waals surface area contributed by atoms with E-state index in [9.17, 15) is 14.5 Å². The van der Waals surface area contributed by atoms with E-state index in [-0.39, 0.29) is 48.6 Å². The molecule has 0 fully saturated rings. The monoisotopic (exact) mass is 1130 g/mol. The Morgan fingerprint density at radius 1 is 0.543 bits per heavy atom. The molecular weight excluding hydrogens is 1060 g/mol. The summed E-state index contributed by atoms with van der Waals surface area (Å²) in [6, 6.07) is 52.0. The number of hydrogen-bond donors (Lipinski definition) is 1. The Kier molecular flexibility index (Phi) is 23.3. The predicted octanol–water partition coefficient (Wildman–Crippen LogP) is 17.9. The van der Waals surface area contributed by atoms with Gasteiger partial charge < -0.3 is 28.8 Å². The minimum atomic E-state index is -0.391. The van der Waals surface area contributed by atoms with Gasteiger partial charge in [0.15, 0.2) is 0 Å². The second kappa shape index (κ2) is 30.4. The number of fused-ring (bicyclic) bond motifs is 3. The van der Waals surface area contributed by atoms with Gasteiger partial charge in [-0.15, -0.1) is 0 Å². The number of aromatic nitrogens is 3. The molecule has 0 aliphatic heterocycles. The van der Waals surface area contributed by atoms with Crippen LogP contribution in [0.2, 0.25) is 5.02 Å². The van der Waals surface area contributed by atoms with Crippen molar-refractivity contribution in [3.05, 3.63) is 208 Å². The number of rotatable bonds is 14. The standard InChI is InChI=1S/C16H18O2.C15H15NO3.C13H14FNO.C12H12ClNO.C10H11NOS/c1-12(2)18-16-8-4-7-15(10-16)14-6-3-5-13(9-14)11-17;1-11(2)19-15-8-4-6-13(10-15)12-5-3-7-14(9-12)16(17)18;1-8(2)16-13-6-9(3)15-12-5-4-10(14)7-11(12)13;1-8(2)15-12-5-6-14-11-7-9(13)3-4-10(11)12;1-7(2)12-10-11-8-5-3-4-6-9(8)13-10/h3-10,12,17H,11H2,1-2H3;3-11H,1-2H3;4-8H,1-3H3;3-8H,1-2H3;3-7H,1-2H3. The van der Waals surface area contributed by atoms with Crippen LogP contribution < -0.4 is 23.7 Å². The number of nitrogens with zero attached hydrogens (tertiary/aromatic N) is 4. The van der Waals surface area contributed by atoms with Gasteiger partial charge in [-0.3, -0.25) is 20.1 Å². The number of aryl methyl sites for hydroxylation is 1. The topological polar surface area (TPSA) is 148 Å². The van der Waals surface area contributed by atoms with Crippen molar-refractivity contribution in [2.24, 2.45) is 0 Å². The van der Waals surface area contributed by atoms with E-state index in [1.54, 1.807) is 35.7 Å². The molecule has 422 valence electrons. The van der Waals surface area contributed by atoms with Crippen molar-refractivity contribution in [2.75, 3.05) is 0 Å². The highest BCUT2D eigenvalue weighted by atomic mass is 35.5. The van der Waals surface area contributed by atoms with E-state index in [4.69, 9.17) is 40.4 Å². The average Bonchev–Trinajstić information content (AvgIpc) is 3.98. The molecule has 81 heavy (non-hydrogen) atoms. The van der Waals surface area contributed by atoms with Crippen LogP contribution in [0.3, 0.4) is 0 Å². The Bertz CT molecular complexity index is 3590. The van der Waals surface area contributed by atoms with Gasteiger partial charge in [-0.1, -0.05) is 89.7 Å². The maximum Gasteiger partial charge on any atom is 0.274 e. The maximum absolute atomic E-state index is 13.2. The molecule has 0 amide bonds. The van der Waals surface area contributed by atoms with Gasteiger partial charge in [0.1, 0.15) is 28.8 Å². The predicted molar refractivity (Wildman–Crippen MR) is 328 cm³/mol. The van der Waals surface area contributed by atoms with Crippen LogP contribution in [0.15, 0.2) is 176 Å². The van der Waals surface area contributed by atoms with E-state index in [0.29, 0.717) is 10.8 Å². The zero-order chi connectivity index (χ0) is 58.6. The summed E-state index contributed by atoms with van der Waals surface area (Å²) in [5.74, 6) is 2.91. The van der Waals surface area contributed by atoms with Crippen LogP contribution in [0.1, 0.15) is 80.5 Å². The van der Waals surface area contributed by atoms with E-state index in [1.165, 1.54) is 22.9 Å². The van der Waals surface area contributed by atoms with Crippen LogP contribution in [0, 0.1) is 22.9 Å². The maximum atomic E-state index is 13.2. The summed E-state index contributed by atoms with van der Waals surface area (Å²) < 4.78 is 42.5. The van der Waals surface area contributed by atoms with Crippen molar-refractivity contribution in [3.8, 4) is 50.4 Å². The van der Waals surface area contributed by atoms with Gasteiger partial charge >= 0.3 is 0 Å². The molecule has 0 aliphatic carbocycles. The fourth-order valence-electron chi connectivity index (χ4n) is 7.89. The van der Waals surface area contributed by atoms with Gasteiger partial charge in [0, 0.05) is 45.9 Å². The lowest BCUT2D eigenvalue weighted by atomic mass is 10.0. The van der Waals surface area contributed by atoms with E-state index in [2.05, 4.69) is 21.0 Å². The Hall–Kier alpha value is -8.17. The largest absolute Gasteiger partial charge is 0.491 e. The fourth-order valence-corrected chi connectivity index (χ4v) is 8.99. The second-order valence-electron chi connectivity index (χ2n) is 19.9. The highest BCUT2D eigenvalue weighted by Crippen LogP contribution is 2.31. The molecule has 0 radical (unpaired) electrons. The Morgan fingerprint density at radius 3 is 1.70 bits per heavy atom. The van der Waals surface area contributed by atoms with Crippen LogP contribution in [0.4, 0.5) is 10.1 Å². The number of thiazole rings is 1. The summed E-state index contributed by atoms with van der Waals surface area (Å²) in [5.41, 5.74) is 8.43. The lowest BCUT2D eigenvalue weighted by Crippen LogP contribution is -2.06. The average molecular weight is 1130 g/mol. The van der Waals surface area contributed by atoms with Crippen molar-refractivity contribution < 1.29 is 38.1 Å². The van der Waals surface area contributed by atoms with Crippen LogP contribution in [0.25, 0.3) is 54.3 Å². The van der Waals surface area contributed by atoms with Crippen LogP contribution in [-0.4, -0.2) is 55.5 Å². The van der Waals surface area contributed by atoms with Crippen LogP contribution in [-0.2, 0) is 6.61 Å². The molecule has 12 nitrogen and oxygen atoms in total. The normalized spacial score (nSPS) is 10.8. The lowest BCUT2D eigenvalue weighted by molar-refractivity contribution is -0.384. The van der Waals surface area contributed by atoms with Gasteiger partial charge in [-0.2, -0.15) is 0 Å². The molecule has 0 spiro atoms. The molecule has 0 saturated heterocycles. The van der Waals surface area contributed by atoms with Gasteiger partial charge in [-0.05, 0) is 189 Å². The molecule has 3 heterocycles. The molecular formula is C66H70ClFN4O8S. The molecule has 0 bridgehead atoms. The van der Waals surface area contributed by atoms with Gasteiger partial charge in [-0.25, -0.2) is 9.37 Å². The van der Waals surface area contributed by atoms with E-state index < -0.39 is 4.92 Å². The van der Waals surface area contributed by atoms with Gasteiger partial charge in [0.2, 0.25) is 0 Å². The lowest BCUT2D eigenvalue weighted by Gasteiger charge is -2.12. The molecule has 0 saturated carbocycles. The molecule has 0 unspecified atom stereocenters. The van der Waals surface area contributed by atoms with Crippen LogP contribution in [0.5, 0.6) is 28.2 Å². The summed E-state index contributed by atoms with van der Waals surface area (Å²) >= 11 is 7.49. The van der Waals surface area contributed by atoms with Crippen molar-refractivity contribution in [1.29, 1.82) is 0 Å². The number of pyridine rings is 2. The first-order valence-corrected chi connectivity index (χ1v) is 27.9. The molecule has 0 atom stereocenters. The number of aliphatic hydroxyl groups excluding tert-OH is 1. The number of halogens is 2. The number of ether oxygens (including phenoxy) is 5. The number of nitro benzene ring substituents is 1. The molecule has 0 aliphatic rings. The highest BCUT2D eigenvalue weighted by molar-refractivity contribution is 7.20. The fraction of sp³-hybridized carbons (Fsp3) is 0.258. The quantitative estimate of drug-likeness (QED) is 0.0819. The summed E-state index contributed by atoms with van der Waals surface area (Å²) in [4.78, 5) is 23.3. The number of benzene rings is 7. The number of nitro groups is 1. The third kappa shape index (κ3) is 19.9. The van der Waals surface area contributed by atoms with Crippen molar-refractivity contribution in [2.45, 2.75) is 113 Å². The molecule has 3 aromatic heterocycles. The Morgan fingerprint density at radius 2 is 1.11 bits per heavy atom. The summed E-state index contributed by atoms with van der Waals surface area (Å²) in [5, 5.41) is 23.1. The number of hydrogen-bond acceptors (Lipinski definition) is 12. The Labute approximate surface area is 483 Å². The highest BCUT2D eigenvalue weighted by Gasteiger charge is 2.11. The molecule has 10 aromatic rings. The van der Waals surface area contributed by atoms with E-state index in [1.807, 2.05) is 204 Å². The minimum absolute atomic E-state index is 0.0632. The Balaban J connectivity index is 0.000000164. The van der Waals surface area contributed by atoms with E-state index in [0.717, 1.165) is 83.3 Å². The van der Waals surface area contributed by atoms with E-state index >= 15 is 0 Å². The first-order valence-electron chi connectivity index (χ1n) is 26.7.